The summed E-state index contributed by atoms with van der Waals surface area (Å²) >= 11 is 0. The van der Waals surface area contributed by atoms with Crippen LogP contribution >= 0.6 is 0 Å². The Balaban J connectivity index is 1.40. The molecule has 160 valence electrons. The molecule has 29 heavy (non-hydrogen) atoms. The van der Waals surface area contributed by atoms with Gasteiger partial charge >= 0.3 is 5.97 Å². The predicted octanol–water partition coefficient (Wildman–Crippen LogP) is 2.59. The van der Waals surface area contributed by atoms with Crippen LogP contribution in [-0.4, -0.2) is 43.7 Å². The summed E-state index contributed by atoms with van der Waals surface area (Å²) in [5.41, 5.74) is -2.20. The highest BCUT2D eigenvalue weighted by Crippen LogP contribution is 2.81. The minimum absolute atomic E-state index is 0.155. The second-order valence-electron chi connectivity index (χ2n) is 11.9. The van der Waals surface area contributed by atoms with Crippen LogP contribution in [0, 0.1) is 52.3 Å². The Kier molecular flexibility index (Phi) is 3.43. The van der Waals surface area contributed by atoms with Crippen LogP contribution in [0.4, 0.5) is 0 Å². The van der Waals surface area contributed by atoms with E-state index < -0.39 is 17.2 Å². The second-order valence-corrected chi connectivity index (χ2v) is 11.9. The molecule has 5 heteroatoms. The molecule has 6 rings (SSSR count). The van der Waals surface area contributed by atoms with Gasteiger partial charge in [-0.15, -0.1) is 0 Å². The number of aliphatic hydroxyl groups excluding tert-OH is 1. The van der Waals surface area contributed by atoms with Crippen LogP contribution in [0.15, 0.2) is 12.2 Å². The first-order valence-electron chi connectivity index (χ1n) is 11.6. The van der Waals surface area contributed by atoms with Gasteiger partial charge in [0, 0.05) is 17.9 Å². The van der Waals surface area contributed by atoms with Crippen molar-refractivity contribution in [3.8, 4) is 0 Å². The SMILES string of the molecule is C[C@]12CCC3C(C1[C@@H]1C[C@@H]1[C@@]2(O)C=CC(=O)O)[C@H]1C[C@H]1[C@]1(O)C[C@@H](O)CC[C@]31C. The van der Waals surface area contributed by atoms with Crippen molar-refractivity contribution in [2.45, 2.75) is 76.1 Å². The highest BCUT2D eigenvalue weighted by molar-refractivity contribution is 5.80. The monoisotopic (exact) mass is 402 g/mol. The molecule has 6 fully saturated rings. The molecule has 0 heterocycles. The number of carboxylic acids is 1. The van der Waals surface area contributed by atoms with Crippen molar-refractivity contribution in [2.75, 3.05) is 0 Å². The highest BCUT2D eigenvalue weighted by Gasteiger charge is 2.80. The van der Waals surface area contributed by atoms with Crippen LogP contribution < -0.4 is 0 Å². The summed E-state index contributed by atoms with van der Waals surface area (Å²) in [6.07, 6.45) is 8.47. The summed E-state index contributed by atoms with van der Waals surface area (Å²) in [4.78, 5) is 11.2. The number of aliphatic carboxylic acids is 1. The van der Waals surface area contributed by atoms with E-state index in [4.69, 9.17) is 0 Å². The zero-order chi connectivity index (χ0) is 20.6. The molecule has 0 aromatic heterocycles. The number of rotatable bonds is 2. The van der Waals surface area contributed by atoms with Crippen LogP contribution in [0.25, 0.3) is 0 Å². The number of hydrogen-bond donors (Lipinski definition) is 4. The molecule has 0 aromatic rings. The van der Waals surface area contributed by atoms with Crippen molar-refractivity contribution in [1.29, 1.82) is 0 Å². The fraction of sp³-hybridized carbons (Fsp3) is 0.875. The van der Waals surface area contributed by atoms with Crippen molar-refractivity contribution in [3.63, 3.8) is 0 Å². The molecule has 5 nitrogen and oxygen atoms in total. The molecule has 6 saturated carbocycles. The van der Waals surface area contributed by atoms with Gasteiger partial charge in [0.2, 0.25) is 0 Å². The molecule has 0 amide bonds. The molecule has 3 unspecified atom stereocenters. The van der Waals surface area contributed by atoms with Crippen LogP contribution in [0.1, 0.15) is 58.8 Å². The first kappa shape index (κ1) is 18.8. The van der Waals surface area contributed by atoms with E-state index >= 15 is 0 Å². The van der Waals surface area contributed by atoms with Crippen LogP contribution in [0.3, 0.4) is 0 Å². The summed E-state index contributed by atoms with van der Waals surface area (Å²) < 4.78 is 0. The van der Waals surface area contributed by atoms with E-state index in [1.54, 1.807) is 6.08 Å². The minimum Gasteiger partial charge on any atom is -0.478 e. The Labute approximate surface area is 172 Å². The maximum Gasteiger partial charge on any atom is 0.328 e. The zero-order valence-electron chi connectivity index (χ0n) is 17.4. The number of hydrogen-bond acceptors (Lipinski definition) is 4. The Morgan fingerprint density at radius 3 is 2.38 bits per heavy atom. The van der Waals surface area contributed by atoms with E-state index in [-0.39, 0.29) is 28.8 Å². The lowest BCUT2D eigenvalue weighted by Gasteiger charge is -2.64. The van der Waals surface area contributed by atoms with Crippen molar-refractivity contribution >= 4 is 5.97 Å². The van der Waals surface area contributed by atoms with E-state index in [1.807, 2.05) is 0 Å². The van der Waals surface area contributed by atoms with Gasteiger partial charge in [-0.05, 0) is 91.4 Å². The first-order chi connectivity index (χ1) is 13.6. The quantitative estimate of drug-likeness (QED) is 0.532. The van der Waals surface area contributed by atoms with Crippen LogP contribution in [-0.2, 0) is 4.79 Å². The third-order valence-electron chi connectivity index (χ3n) is 11.1. The fourth-order valence-electron chi connectivity index (χ4n) is 9.72. The molecule has 6 aliphatic rings. The van der Waals surface area contributed by atoms with Crippen molar-refractivity contribution < 1.29 is 25.2 Å². The van der Waals surface area contributed by atoms with Gasteiger partial charge < -0.3 is 20.4 Å². The molecule has 0 radical (unpaired) electrons. The summed E-state index contributed by atoms with van der Waals surface area (Å²) in [5, 5.41) is 43.1. The Morgan fingerprint density at radius 1 is 0.966 bits per heavy atom. The number of carboxylic acid groups (broad SMARTS) is 1. The fourth-order valence-corrected chi connectivity index (χ4v) is 9.72. The van der Waals surface area contributed by atoms with Gasteiger partial charge in [-0.1, -0.05) is 13.8 Å². The average Bonchev–Trinajstić information content (AvgIpc) is 3.54. The predicted molar refractivity (Wildman–Crippen MR) is 106 cm³/mol. The Hall–Kier alpha value is -0.910. The second kappa shape index (κ2) is 5.28. The topological polar surface area (TPSA) is 98.0 Å². The van der Waals surface area contributed by atoms with Gasteiger partial charge in [-0.3, -0.25) is 0 Å². The van der Waals surface area contributed by atoms with E-state index in [2.05, 4.69) is 13.8 Å². The van der Waals surface area contributed by atoms with Crippen LogP contribution in [0.2, 0.25) is 0 Å². The van der Waals surface area contributed by atoms with Gasteiger partial charge in [-0.2, -0.15) is 0 Å². The largest absolute Gasteiger partial charge is 0.478 e. The third-order valence-corrected chi connectivity index (χ3v) is 11.1. The molecule has 0 saturated heterocycles. The number of carbonyl (C=O) groups is 1. The molecule has 0 aliphatic heterocycles. The number of fused-ring (bicyclic) bond motifs is 10. The normalized spacial score (nSPS) is 64.4. The third kappa shape index (κ3) is 2.01. The van der Waals surface area contributed by atoms with Gasteiger partial charge in [0.25, 0.3) is 0 Å². The molecule has 12 atom stereocenters. The van der Waals surface area contributed by atoms with Gasteiger partial charge in [0.15, 0.2) is 0 Å². The Bertz CT molecular complexity index is 809. The highest BCUT2D eigenvalue weighted by atomic mass is 16.4. The van der Waals surface area contributed by atoms with Gasteiger partial charge in [0.05, 0.1) is 17.3 Å². The Morgan fingerprint density at radius 2 is 1.66 bits per heavy atom. The lowest BCUT2D eigenvalue weighted by molar-refractivity contribution is -0.233. The standard InChI is InChI=1S/C24H34O5/c1-21-6-3-12(25)11-24(21,29)16-9-13(16)19-15(21)4-7-22(2)20(19)14-10-17(14)23(22,28)8-5-18(26)27/h5,8,12-17,19-20,25,28-29H,3-4,6-7,9-11H2,1-2H3,(H,26,27)/t12-,13-,14+,15?,16+,17-,19?,20?,21+,22-,23-,24+/m0/s1. The van der Waals surface area contributed by atoms with Crippen molar-refractivity contribution in [3.05, 3.63) is 12.2 Å². The first-order valence-corrected chi connectivity index (χ1v) is 11.6. The maximum absolute atomic E-state index is 11.8. The molecule has 4 N–H and O–H groups in total. The molecular weight excluding hydrogens is 368 g/mol. The average molecular weight is 403 g/mol. The van der Waals surface area contributed by atoms with E-state index in [0.717, 1.165) is 44.6 Å². The molecule has 0 aromatic carbocycles. The molecule has 6 aliphatic carbocycles. The van der Waals surface area contributed by atoms with Gasteiger partial charge in [0.1, 0.15) is 0 Å². The summed E-state index contributed by atoms with van der Waals surface area (Å²) in [7, 11) is 0. The molecule has 0 spiro atoms. The lowest BCUT2D eigenvalue weighted by Crippen LogP contribution is -2.65. The zero-order valence-corrected chi connectivity index (χ0v) is 17.4. The van der Waals surface area contributed by atoms with Crippen molar-refractivity contribution in [1.82, 2.24) is 0 Å². The van der Waals surface area contributed by atoms with Crippen molar-refractivity contribution in [2.24, 2.45) is 52.3 Å². The number of aliphatic hydroxyl groups is 3. The maximum atomic E-state index is 11.8. The van der Waals surface area contributed by atoms with Gasteiger partial charge in [-0.25, -0.2) is 4.79 Å². The summed E-state index contributed by atoms with van der Waals surface area (Å²) in [6.45, 7) is 4.49. The van der Waals surface area contributed by atoms with E-state index in [9.17, 15) is 25.2 Å². The van der Waals surface area contributed by atoms with Crippen LogP contribution in [0.5, 0.6) is 0 Å². The van der Waals surface area contributed by atoms with E-state index in [1.165, 1.54) is 0 Å². The smallest absolute Gasteiger partial charge is 0.328 e. The minimum atomic E-state index is -1.02. The molecule has 0 bridgehead atoms. The molecular formula is C24H34O5. The lowest BCUT2D eigenvalue weighted by atomic mass is 9.42. The summed E-state index contributed by atoms with van der Waals surface area (Å²) in [5.74, 6) is 1.84. The van der Waals surface area contributed by atoms with E-state index in [0.29, 0.717) is 36.0 Å². The summed E-state index contributed by atoms with van der Waals surface area (Å²) in [6, 6.07) is 0.